The van der Waals surface area contributed by atoms with Crippen molar-refractivity contribution in [2.45, 2.75) is 118 Å². The molecule has 2 aliphatic heterocycles. The lowest BCUT2D eigenvalue weighted by molar-refractivity contribution is 0.0953. The number of fused-ring (bicyclic) bond motifs is 8. The zero-order chi connectivity index (χ0) is 45.9. The van der Waals surface area contributed by atoms with Crippen LogP contribution in [0.5, 0.6) is 0 Å². The van der Waals surface area contributed by atoms with Gasteiger partial charge in [-0.3, -0.25) is 4.79 Å². The van der Waals surface area contributed by atoms with Crippen LogP contribution in [0.3, 0.4) is 0 Å². The SMILES string of the molecule is CCCNC(=O)c1ccc(-c2c3nc(c(-c4cc(C(C)(C)C)cc(C(C)(C)C)c4)c4ccc(cc5nc(c(-c6cc(C(C)(C)C)cc(C(C)(C)C)c6)c6ccc2[nH]6)C=C5)[nH]4)C=C3)cc1. The molecule has 0 unspecified atom stereocenters. The number of nitrogens with zero attached hydrogens (tertiary/aromatic N) is 2. The van der Waals surface area contributed by atoms with Gasteiger partial charge in [0.05, 0.1) is 22.8 Å². The van der Waals surface area contributed by atoms with Crippen molar-refractivity contribution in [3.63, 3.8) is 0 Å². The minimum absolute atomic E-state index is 0.0700. The van der Waals surface area contributed by atoms with Gasteiger partial charge < -0.3 is 15.3 Å². The van der Waals surface area contributed by atoms with Crippen LogP contribution in [-0.4, -0.2) is 32.4 Å². The van der Waals surface area contributed by atoms with Crippen LogP contribution in [0.2, 0.25) is 0 Å². The summed E-state index contributed by atoms with van der Waals surface area (Å²) in [5.41, 5.74) is 18.9. The monoisotopic (exact) mass is 848 g/mol. The Morgan fingerprint density at radius 1 is 0.484 bits per heavy atom. The third-order valence-electron chi connectivity index (χ3n) is 12.5. The van der Waals surface area contributed by atoms with Crippen molar-refractivity contribution in [3.8, 4) is 33.4 Å². The van der Waals surface area contributed by atoms with Crippen molar-refractivity contribution in [2.75, 3.05) is 6.54 Å². The van der Waals surface area contributed by atoms with Gasteiger partial charge in [-0.25, -0.2) is 9.97 Å². The fourth-order valence-electron chi connectivity index (χ4n) is 8.46. The number of nitrogens with one attached hydrogen (secondary N) is 3. The topological polar surface area (TPSA) is 86.5 Å². The molecule has 0 fully saturated rings. The lowest BCUT2D eigenvalue weighted by Gasteiger charge is -2.26. The van der Waals surface area contributed by atoms with E-state index in [1.165, 1.54) is 22.3 Å². The second kappa shape index (κ2) is 16.4. The molecular formula is C58H65N5O. The zero-order valence-corrected chi connectivity index (χ0v) is 40.2. The van der Waals surface area contributed by atoms with Crippen molar-refractivity contribution in [1.29, 1.82) is 0 Å². The molecule has 3 aromatic heterocycles. The minimum atomic E-state index is -0.0749. The highest BCUT2D eigenvalue weighted by molar-refractivity contribution is 5.99. The van der Waals surface area contributed by atoms with E-state index in [9.17, 15) is 4.79 Å². The second-order valence-corrected chi connectivity index (χ2v) is 21.8. The Bertz CT molecular complexity index is 2880. The number of rotatable bonds is 6. The molecule has 64 heavy (non-hydrogen) atoms. The first-order chi connectivity index (χ1) is 30.1. The quantitative estimate of drug-likeness (QED) is 0.156. The van der Waals surface area contributed by atoms with Gasteiger partial charge in [0.2, 0.25) is 0 Å². The van der Waals surface area contributed by atoms with Gasteiger partial charge in [0.25, 0.3) is 5.91 Å². The number of carbonyl (C=O) groups is 1. The van der Waals surface area contributed by atoms with Crippen LogP contribution in [0.1, 0.15) is 152 Å². The molecule has 6 nitrogen and oxygen atoms in total. The molecule has 0 atom stereocenters. The van der Waals surface area contributed by atoms with Gasteiger partial charge in [-0.1, -0.05) is 139 Å². The van der Waals surface area contributed by atoms with Gasteiger partial charge in [0.15, 0.2) is 0 Å². The Morgan fingerprint density at radius 3 is 1.38 bits per heavy atom. The van der Waals surface area contributed by atoms with E-state index >= 15 is 0 Å². The maximum Gasteiger partial charge on any atom is 0.251 e. The lowest BCUT2D eigenvalue weighted by atomic mass is 9.78. The Hall–Kier alpha value is -6.27. The number of hydrogen-bond acceptors (Lipinski definition) is 3. The summed E-state index contributed by atoms with van der Waals surface area (Å²) in [5, 5.41) is 3.03. The number of amides is 1. The predicted molar refractivity (Wildman–Crippen MR) is 273 cm³/mol. The summed E-state index contributed by atoms with van der Waals surface area (Å²) in [6, 6.07) is 32.8. The summed E-state index contributed by atoms with van der Waals surface area (Å²) in [4.78, 5) is 31.7. The first kappa shape index (κ1) is 44.3. The summed E-state index contributed by atoms with van der Waals surface area (Å²) < 4.78 is 0. The van der Waals surface area contributed by atoms with E-state index in [1.54, 1.807) is 0 Å². The van der Waals surface area contributed by atoms with Crippen LogP contribution in [0.4, 0.5) is 0 Å². The molecule has 0 spiro atoms. The standard InChI is InChI=1S/C58H65N5O/c1-14-27-59-54(64)36-17-15-35(16-18-36)51-47-23-25-49(62-47)52(37-28-39(55(2,3)4)32-40(29-37)56(5,6)7)45-21-19-43(60-45)34-44-20-22-46(61-44)53(50-26-24-48(51)63-50)38-30-41(57(8,9)10)33-42(31-38)58(11,12)13/h15-26,28-34,60,63H,14,27H2,1-13H3,(H,59,64). The predicted octanol–water partition coefficient (Wildman–Crippen LogP) is 15.0. The van der Waals surface area contributed by atoms with Gasteiger partial charge in [-0.05, 0) is 134 Å². The molecule has 3 aromatic carbocycles. The van der Waals surface area contributed by atoms with Gasteiger partial charge in [-0.2, -0.15) is 0 Å². The Morgan fingerprint density at radius 2 is 0.906 bits per heavy atom. The van der Waals surface area contributed by atoms with Crippen molar-refractivity contribution >= 4 is 52.3 Å². The molecular weight excluding hydrogens is 783 g/mol. The number of benzene rings is 3. The van der Waals surface area contributed by atoms with Crippen LogP contribution in [-0.2, 0) is 21.7 Å². The Balaban J connectivity index is 1.50. The van der Waals surface area contributed by atoms with Gasteiger partial charge in [0, 0.05) is 50.9 Å². The molecule has 328 valence electrons. The van der Waals surface area contributed by atoms with Crippen LogP contribution < -0.4 is 5.32 Å². The summed E-state index contributed by atoms with van der Waals surface area (Å²) in [5.74, 6) is -0.0749. The second-order valence-electron chi connectivity index (χ2n) is 21.8. The first-order valence-corrected chi connectivity index (χ1v) is 22.9. The molecule has 3 N–H and O–H groups in total. The number of aromatic nitrogens is 4. The number of aromatic amines is 2. The summed E-state index contributed by atoms with van der Waals surface area (Å²) in [6.07, 6.45) is 9.42. The normalized spacial score (nSPS) is 13.1. The average Bonchev–Trinajstić information content (AvgIpc) is 4.07. The van der Waals surface area contributed by atoms with Crippen molar-refractivity contribution in [2.24, 2.45) is 0 Å². The van der Waals surface area contributed by atoms with E-state index < -0.39 is 0 Å². The molecule has 6 aromatic rings. The molecule has 8 bridgehead atoms. The maximum atomic E-state index is 13.1. The molecule has 0 saturated heterocycles. The van der Waals surface area contributed by atoms with Crippen molar-refractivity contribution in [3.05, 3.63) is 142 Å². The van der Waals surface area contributed by atoms with E-state index in [2.05, 4.69) is 196 Å². The summed E-state index contributed by atoms with van der Waals surface area (Å²) in [7, 11) is 0. The van der Waals surface area contributed by atoms with E-state index in [-0.39, 0.29) is 27.6 Å². The molecule has 1 amide bonds. The molecule has 0 aliphatic carbocycles. The average molecular weight is 848 g/mol. The lowest BCUT2D eigenvalue weighted by Crippen LogP contribution is -2.23. The third kappa shape index (κ3) is 9.06. The summed E-state index contributed by atoms with van der Waals surface area (Å²) in [6.45, 7) is 30.0. The maximum absolute atomic E-state index is 13.1. The van der Waals surface area contributed by atoms with Crippen molar-refractivity contribution < 1.29 is 4.79 Å². The Labute approximate surface area is 380 Å². The first-order valence-electron chi connectivity index (χ1n) is 22.9. The smallest absolute Gasteiger partial charge is 0.251 e. The molecule has 0 saturated carbocycles. The molecule has 8 rings (SSSR count). The van der Waals surface area contributed by atoms with Crippen LogP contribution in [0, 0.1) is 0 Å². The van der Waals surface area contributed by atoms with E-state index in [0.717, 1.165) is 84.6 Å². The summed E-state index contributed by atoms with van der Waals surface area (Å²) >= 11 is 0. The highest BCUT2D eigenvalue weighted by Crippen LogP contribution is 2.41. The molecule has 0 radical (unpaired) electrons. The molecule has 6 heteroatoms. The van der Waals surface area contributed by atoms with Gasteiger partial charge in [0.1, 0.15) is 0 Å². The van der Waals surface area contributed by atoms with E-state index in [4.69, 9.17) is 9.97 Å². The fraction of sp³-hybridized carbons (Fsp3) is 0.328. The van der Waals surface area contributed by atoms with Gasteiger partial charge in [-0.15, -0.1) is 0 Å². The van der Waals surface area contributed by atoms with Gasteiger partial charge >= 0.3 is 0 Å². The number of hydrogen-bond donors (Lipinski definition) is 3. The van der Waals surface area contributed by atoms with E-state index in [1.807, 2.05) is 24.3 Å². The number of carbonyl (C=O) groups excluding carboxylic acids is 1. The molecule has 5 heterocycles. The number of H-pyrrole nitrogens is 2. The highest BCUT2D eigenvalue weighted by atomic mass is 16.1. The van der Waals surface area contributed by atoms with Crippen LogP contribution in [0.25, 0.3) is 79.8 Å². The minimum Gasteiger partial charge on any atom is -0.355 e. The van der Waals surface area contributed by atoms with Crippen molar-refractivity contribution in [1.82, 2.24) is 25.3 Å². The largest absolute Gasteiger partial charge is 0.355 e. The highest BCUT2D eigenvalue weighted by Gasteiger charge is 2.25. The molecule has 2 aliphatic rings. The fourth-order valence-corrected chi connectivity index (χ4v) is 8.46. The zero-order valence-electron chi connectivity index (χ0n) is 40.2. The van der Waals surface area contributed by atoms with Crippen LogP contribution in [0.15, 0.2) is 91.0 Å². The van der Waals surface area contributed by atoms with E-state index in [0.29, 0.717) is 12.1 Å². The van der Waals surface area contributed by atoms with Crippen LogP contribution >= 0.6 is 0 Å². The Kier molecular flexibility index (Phi) is 11.3. The third-order valence-corrected chi connectivity index (χ3v) is 12.5.